The normalized spacial score (nSPS) is 33.5. The van der Waals surface area contributed by atoms with Crippen molar-refractivity contribution >= 4 is 0 Å². The summed E-state index contributed by atoms with van der Waals surface area (Å²) in [5.41, 5.74) is 7.09. The number of rotatable bonds is 3. The Morgan fingerprint density at radius 3 is 2.06 bits per heavy atom. The number of ether oxygens (including phenoxy) is 1. The molecule has 0 spiro atoms. The van der Waals surface area contributed by atoms with Crippen LogP contribution in [0.25, 0.3) is 0 Å². The van der Waals surface area contributed by atoms with E-state index in [0.29, 0.717) is 16.9 Å². The standard InChI is InChI=1S/C16H31NO/c1-14(2)7-9-16(12-17,10-8-14)11-13-5-6-15(3,4)18-13/h13H,5-12,17H2,1-4H3. The van der Waals surface area contributed by atoms with Crippen LogP contribution < -0.4 is 5.73 Å². The fraction of sp³-hybridized carbons (Fsp3) is 1.00. The summed E-state index contributed by atoms with van der Waals surface area (Å²) < 4.78 is 6.17. The van der Waals surface area contributed by atoms with Crippen molar-refractivity contribution in [2.75, 3.05) is 6.54 Å². The lowest BCUT2D eigenvalue weighted by molar-refractivity contribution is -0.0448. The summed E-state index contributed by atoms with van der Waals surface area (Å²) in [5.74, 6) is 0. The van der Waals surface area contributed by atoms with Gasteiger partial charge in [-0.15, -0.1) is 0 Å². The first-order chi connectivity index (χ1) is 8.26. The van der Waals surface area contributed by atoms with Crippen LogP contribution in [0.15, 0.2) is 0 Å². The minimum atomic E-state index is 0.0917. The molecule has 2 rings (SSSR count). The Hall–Kier alpha value is -0.0800. The van der Waals surface area contributed by atoms with E-state index in [4.69, 9.17) is 10.5 Å². The molecule has 2 N–H and O–H groups in total. The zero-order chi connectivity index (χ0) is 13.4. The van der Waals surface area contributed by atoms with E-state index in [-0.39, 0.29) is 5.60 Å². The fourth-order valence-corrected chi connectivity index (χ4v) is 3.65. The van der Waals surface area contributed by atoms with Gasteiger partial charge in [0.1, 0.15) is 0 Å². The highest BCUT2D eigenvalue weighted by Crippen LogP contribution is 2.48. The molecule has 1 aliphatic carbocycles. The average molecular weight is 253 g/mol. The molecule has 0 amide bonds. The zero-order valence-corrected chi connectivity index (χ0v) is 12.7. The van der Waals surface area contributed by atoms with Crippen LogP contribution in [-0.2, 0) is 4.74 Å². The van der Waals surface area contributed by atoms with Gasteiger partial charge in [-0.2, -0.15) is 0 Å². The highest BCUT2D eigenvalue weighted by atomic mass is 16.5. The van der Waals surface area contributed by atoms with Crippen LogP contribution in [0.5, 0.6) is 0 Å². The highest BCUT2D eigenvalue weighted by molar-refractivity contribution is 4.93. The molecule has 0 aromatic rings. The van der Waals surface area contributed by atoms with Crippen molar-refractivity contribution < 1.29 is 4.74 Å². The minimum absolute atomic E-state index is 0.0917. The molecule has 106 valence electrons. The second-order valence-electron chi connectivity index (χ2n) is 8.11. The van der Waals surface area contributed by atoms with E-state index in [2.05, 4.69) is 27.7 Å². The highest BCUT2D eigenvalue weighted by Gasteiger charge is 2.41. The third-order valence-corrected chi connectivity index (χ3v) is 5.31. The average Bonchev–Trinajstić information content (AvgIpc) is 2.62. The van der Waals surface area contributed by atoms with Gasteiger partial charge in [0.15, 0.2) is 0 Å². The van der Waals surface area contributed by atoms with Gasteiger partial charge in [0.05, 0.1) is 11.7 Å². The molecule has 2 nitrogen and oxygen atoms in total. The second kappa shape index (κ2) is 4.79. The molecule has 1 heterocycles. The monoisotopic (exact) mass is 253 g/mol. The Kier molecular flexibility index (Phi) is 3.81. The molecule has 1 saturated heterocycles. The van der Waals surface area contributed by atoms with Gasteiger partial charge in [-0.1, -0.05) is 13.8 Å². The van der Waals surface area contributed by atoms with Crippen molar-refractivity contribution in [1.82, 2.24) is 0 Å². The van der Waals surface area contributed by atoms with Crippen LogP contribution >= 0.6 is 0 Å². The topological polar surface area (TPSA) is 35.2 Å². The van der Waals surface area contributed by atoms with E-state index < -0.39 is 0 Å². The van der Waals surface area contributed by atoms with E-state index >= 15 is 0 Å². The van der Waals surface area contributed by atoms with Crippen LogP contribution in [0, 0.1) is 10.8 Å². The summed E-state index contributed by atoms with van der Waals surface area (Å²) in [5, 5.41) is 0. The van der Waals surface area contributed by atoms with Crippen LogP contribution in [0.1, 0.15) is 72.6 Å². The van der Waals surface area contributed by atoms with E-state index in [9.17, 15) is 0 Å². The Morgan fingerprint density at radius 1 is 1.00 bits per heavy atom. The Labute approximate surface area is 113 Å². The van der Waals surface area contributed by atoms with Gasteiger partial charge in [-0.05, 0) is 76.2 Å². The Bertz CT molecular complexity index is 285. The first-order valence-electron chi connectivity index (χ1n) is 7.64. The van der Waals surface area contributed by atoms with Crippen LogP contribution in [0.4, 0.5) is 0 Å². The Morgan fingerprint density at radius 2 is 1.61 bits per heavy atom. The van der Waals surface area contributed by atoms with Crippen molar-refractivity contribution in [2.24, 2.45) is 16.6 Å². The van der Waals surface area contributed by atoms with Gasteiger partial charge in [0.25, 0.3) is 0 Å². The quantitative estimate of drug-likeness (QED) is 0.828. The van der Waals surface area contributed by atoms with Gasteiger partial charge in [0, 0.05) is 0 Å². The van der Waals surface area contributed by atoms with E-state index in [1.165, 1.54) is 44.9 Å². The minimum Gasteiger partial charge on any atom is -0.372 e. The van der Waals surface area contributed by atoms with Gasteiger partial charge < -0.3 is 10.5 Å². The molecule has 0 aromatic carbocycles. The lowest BCUT2D eigenvalue weighted by atomic mass is 9.63. The summed E-state index contributed by atoms with van der Waals surface area (Å²) in [4.78, 5) is 0. The first-order valence-corrected chi connectivity index (χ1v) is 7.64. The molecule has 2 heteroatoms. The largest absolute Gasteiger partial charge is 0.372 e. The first kappa shape index (κ1) is 14.3. The lowest BCUT2D eigenvalue weighted by Crippen LogP contribution is -2.40. The predicted molar refractivity (Wildman–Crippen MR) is 76.5 cm³/mol. The predicted octanol–water partition coefficient (Wildman–Crippen LogP) is 3.88. The lowest BCUT2D eigenvalue weighted by Gasteiger charge is -2.44. The van der Waals surface area contributed by atoms with Crippen molar-refractivity contribution in [3.8, 4) is 0 Å². The van der Waals surface area contributed by atoms with E-state index in [1.807, 2.05) is 0 Å². The molecule has 18 heavy (non-hydrogen) atoms. The molecule has 1 saturated carbocycles. The van der Waals surface area contributed by atoms with Crippen LogP contribution in [0.3, 0.4) is 0 Å². The molecule has 1 atom stereocenters. The van der Waals surface area contributed by atoms with E-state index in [1.54, 1.807) is 0 Å². The fourth-order valence-electron chi connectivity index (χ4n) is 3.65. The summed E-state index contributed by atoms with van der Waals surface area (Å²) >= 11 is 0. The Balaban J connectivity index is 1.94. The molecule has 1 aliphatic heterocycles. The molecule has 1 unspecified atom stereocenters. The maximum absolute atomic E-state index is 6.17. The zero-order valence-electron chi connectivity index (χ0n) is 12.7. The molecular weight excluding hydrogens is 222 g/mol. The summed E-state index contributed by atoms with van der Waals surface area (Å²) in [6, 6.07) is 0. The maximum atomic E-state index is 6.17. The summed E-state index contributed by atoms with van der Waals surface area (Å²) in [6.07, 6.45) is 9.27. The number of hydrogen-bond acceptors (Lipinski definition) is 2. The van der Waals surface area contributed by atoms with Crippen molar-refractivity contribution in [1.29, 1.82) is 0 Å². The molecular formula is C16H31NO. The SMILES string of the molecule is CC1(C)CCC(CN)(CC2CCC(C)(C)O2)CC1. The second-order valence-corrected chi connectivity index (χ2v) is 8.11. The number of nitrogens with two attached hydrogens (primary N) is 1. The third-order valence-electron chi connectivity index (χ3n) is 5.31. The third kappa shape index (κ3) is 3.27. The van der Waals surface area contributed by atoms with Gasteiger partial charge in [-0.3, -0.25) is 0 Å². The van der Waals surface area contributed by atoms with E-state index in [0.717, 1.165) is 6.54 Å². The molecule has 2 fully saturated rings. The van der Waals surface area contributed by atoms with Crippen molar-refractivity contribution in [2.45, 2.75) is 84.3 Å². The van der Waals surface area contributed by atoms with Gasteiger partial charge in [0.2, 0.25) is 0 Å². The van der Waals surface area contributed by atoms with Crippen LogP contribution in [0.2, 0.25) is 0 Å². The molecule has 2 aliphatic rings. The van der Waals surface area contributed by atoms with Crippen molar-refractivity contribution in [3.05, 3.63) is 0 Å². The molecule has 0 radical (unpaired) electrons. The van der Waals surface area contributed by atoms with Crippen LogP contribution in [-0.4, -0.2) is 18.2 Å². The maximum Gasteiger partial charge on any atom is 0.0631 e. The smallest absolute Gasteiger partial charge is 0.0631 e. The summed E-state index contributed by atoms with van der Waals surface area (Å²) in [6.45, 7) is 10.0. The molecule has 0 aromatic heterocycles. The van der Waals surface area contributed by atoms with Gasteiger partial charge >= 0.3 is 0 Å². The summed E-state index contributed by atoms with van der Waals surface area (Å²) in [7, 11) is 0. The van der Waals surface area contributed by atoms with Crippen molar-refractivity contribution in [3.63, 3.8) is 0 Å². The van der Waals surface area contributed by atoms with Gasteiger partial charge in [-0.25, -0.2) is 0 Å². The number of hydrogen-bond donors (Lipinski definition) is 1. The molecule has 0 bridgehead atoms.